The second-order valence-corrected chi connectivity index (χ2v) is 6.39. The van der Waals surface area contributed by atoms with E-state index in [1.807, 2.05) is 6.07 Å². The van der Waals surface area contributed by atoms with Gasteiger partial charge in [-0.05, 0) is 53.8 Å². The Hall–Kier alpha value is -2.85. The van der Waals surface area contributed by atoms with Crippen molar-refractivity contribution in [2.75, 3.05) is 6.54 Å². The maximum atomic E-state index is 14.3. The summed E-state index contributed by atoms with van der Waals surface area (Å²) >= 11 is 0. The highest BCUT2D eigenvalue weighted by atomic mass is 19.3. The number of nitriles is 1. The van der Waals surface area contributed by atoms with Gasteiger partial charge in [-0.15, -0.1) is 0 Å². The van der Waals surface area contributed by atoms with E-state index in [0.717, 1.165) is 10.9 Å². The number of alkyl halides is 2. The number of hydrogen-bond donors (Lipinski definition) is 2. The Bertz CT molecular complexity index is 998. The first kappa shape index (κ1) is 15.7. The summed E-state index contributed by atoms with van der Waals surface area (Å²) in [5.74, 6) is -3.15. The molecule has 5 nitrogen and oxygen atoms in total. The first-order valence-electron chi connectivity index (χ1n) is 7.93. The summed E-state index contributed by atoms with van der Waals surface area (Å²) < 4.78 is 28.6. The van der Waals surface area contributed by atoms with E-state index in [1.165, 1.54) is 12.1 Å². The zero-order valence-electron chi connectivity index (χ0n) is 13.3. The Morgan fingerprint density at radius 2 is 2.12 bits per heavy atom. The second kappa shape index (κ2) is 5.33. The van der Waals surface area contributed by atoms with Crippen molar-refractivity contribution in [3.8, 4) is 17.2 Å². The normalized spacial score (nSPS) is 15.9. The molecule has 1 aliphatic rings. The molecule has 3 aromatic rings. The van der Waals surface area contributed by atoms with Gasteiger partial charge in [-0.3, -0.25) is 5.10 Å². The van der Waals surface area contributed by atoms with E-state index in [1.54, 1.807) is 18.5 Å². The van der Waals surface area contributed by atoms with E-state index in [2.05, 4.69) is 21.3 Å². The largest absolute Gasteiger partial charge is 0.325 e. The van der Waals surface area contributed by atoms with Crippen molar-refractivity contribution < 1.29 is 8.78 Å². The van der Waals surface area contributed by atoms with Crippen LogP contribution in [0.1, 0.15) is 24.0 Å². The summed E-state index contributed by atoms with van der Waals surface area (Å²) in [7, 11) is 0. The molecule has 0 radical (unpaired) electrons. The van der Waals surface area contributed by atoms with Crippen LogP contribution in [0.2, 0.25) is 0 Å². The summed E-state index contributed by atoms with van der Waals surface area (Å²) in [6.07, 6.45) is 4.57. The van der Waals surface area contributed by atoms with E-state index in [-0.39, 0.29) is 5.56 Å². The fraction of sp³-hybridized carbons (Fsp3) is 0.278. The minimum Gasteiger partial charge on any atom is -0.325 e. The molecular formula is C18H15F2N5. The van der Waals surface area contributed by atoms with Crippen molar-refractivity contribution >= 4 is 11.0 Å². The van der Waals surface area contributed by atoms with Gasteiger partial charge in [-0.2, -0.15) is 19.1 Å². The average Bonchev–Trinajstić information content (AvgIpc) is 3.30. The van der Waals surface area contributed by atoms with Crippen LogP contribution in [0.5, 0.6) is 0 Å². The third-order valence-corrected chi connectivity index (χ3v) is 4.79. The molecule has 7 heteroatoms. The van der Waals surface area contributed by atoms with Crippen molar-refractivity contribution in [2.45, 2.75) is 24.2 Å². The van der Waals surface area contributed by atoms with Gasteiger partial charge >= 0.3 is 0 Å². The number of pyridine rings is 1. The minimum absolute atomic E-state index is 0.169. The SMILES string of the molecule is N#CC1(c2cc(-c3ccnc4[nH]ncc34)cc(C(F)(F)CN)c2)CC1. The summed E-state index contributed by atoms with van der Waals surface area (Å²) in [4.78, 5) is 4.18. The minimum atomic E-state index is -3.15. The van der Waals surface area contributed by atoms with Gasteiger partial charge in [-0.1, -0.05) is 0 Å². The molecule has 2 aromatic heterocycles. The molecule has 0 unspecified atom stereocenters. The smallest absolute Gasteiger partial charge is 0.285 e. The van der Waals surface area contributed by atoms with Crippen molar-refractivity contribution in [3.63, 3.8) is 0 Å². The zero-order valence-corrected chi connectivity index (χ0v) is 13.3. The molecule has 1 aromatic carbocycles. The van der Waals surface area contributed by atoms with Gasteiger partial charge in [0.05, 0.1) is 24.2 Å². The van der Waals surface area contributed by atoms with Crippen molar-refractivity contribution in [1.29, 1.82) is 5.26 Å². The highest BCUT2D eigenvalue weighted by Crippen LogP contribution is 2.49. The van der Waals surface area contributed by atoms with Gasteiger partial charge in [0, 0.05) is 17.1 Å². The highest BCUT2D eigenvalue weighted by Gasteiger charge is 2.46. The molecule has 2 heterocycles. The van der Waals surface area contributed by atoms with Crippen molar-refractivity contribution in [2.24, 2.45) is 5.73 Å². The van der Waals surface area contributed by atoms with Crippen LogP contribution in [0.25, 0.3) is 22.2 Å². The highest BCUT2D eigenvalue weighted by molar-refractivity contribution is 5.92. The Morgan fingerprint density at radius 3 is 2.80 bits per heavy atom. The quantitative estimate of drug-likeness (QED) is 0.763. The standard InChI is InChI=1S/C18H15F2N5/c19-18(20,10-22)13-6-11(5-12(7-13)17(9-21)2-3-17)14-1-4-23-16-15(14)8-24-25-16/h1,4-8H,2-3,10,22H2,(H,23,24,25). The molecule has 0 amide bonds. The van der Waals surface area contributed by atoms with Crippen LogP contribution in [0.4, 0.5) is 8.78 Å². The first-order chi connectivity index (χ1) is 12.0. The average molecular weight is 339 g/mol. The molecule has 1 aliphatic carbocycles. The first-order valence-corrected chi connectivity index (χ1v) is 7.93. The Labute approximate surface area is 142 Å². The molecule has 25 heavy (non-hydrogen) atoms. The van der Waals surface area contributed by atoms with E-state index in [4.69, 9.17) is 5.73 Å². The van der Waals surface area contributed by atoms with Crippen LogP contribution >= 0.6 is 0 Å². The fourth-order valence-electron chi connectivity index (χ4n) is 3.08. The molecule has 4 rings (SSSR count). The van der Waals surface area contributed by atoms with E-state index >= 15 is 0 Å². The summed E-state index contributed by atoms with van der Waals surface area (Å²) in [5, 5.41) is 17.0. The van der Waals surface area contributed by atoms with E-state index in [0.29, 0.717) is 29.6 Å². The van der Waals surface area contributed by atoms with Crippen LogP contribution in [-0.2, 0) is 11.3 Å². The second-order valence-electron chi connectivity index (χ2n) is 6.39. The van der Waals surface area contributed by atoms with Gasteiger partial charge in [0.15, 0.2) is 5.65 Å². The number of H-pyrrole nitrogens is 1. The molecule has 0 aliphatic heterocycles. The van der Waals surface area contributed by atoms with Crippen molar-refractivity contribution in [3.05, 3.63) is 47.8 Å². The molecular weight excluding hydrogens is 324 g/mol. The lowest BCUT2D eigenvalue weighted by molar-refractivity contribution is 0.00590. The van der Waals surface area contributed by atoms with Gasteiger partial charge in [0.25, 0.3) is 5.92 Å². The van der Waals surface area contributed by atoms with Crippen LogP contribution in [0, 0.1) is 11.3 Å². The maximum Gasteiger partial charge on any atom is 0.285 e. The van der Waals surface area contributed by atoms with Crippen LogP contribution in [0.3, 0.4) is 0 Å². The summed E-state index contributed by atoms with van der Waals surface area (Å²) in [5.41, 5.74) is 6.97. The van der Waals surface area contributed by atoms with E-state index < -0.39 is 17.9 Å². The van der Waals surface area contributed by atoms with E-state index in [9.17, 15) is 14.0 Å². The molecule has 3 N–H and O–H groups in total. The molecule has 0 spiro atoms. The number of nitrogens with two attached hydrogens (primary N) is 1. The van der Waals surface area contributed by atoms with Crippen LogP contribution in [-0.4, -0.2) is 21.7 Å². The molecule has 1 saturated carbocycles. The van der Waals surface area contributed by atoms with Gasteiger partial charge < -0.3 is 5.73 Å². The van der Waals surface area contributed by atoms with Gasteiger partial charge in [0.1, 0.15) is 0 Å². The summed E-state index contributed by atoms with van der Waals surface area (Å²) in [6, 6.07) is 8.69. The van der Waals surface area contributed by atoms with Gasteiger partial charge in [0.2, 0.25) is 0 Å². The summed E-state index contributed by atoms with van der Waals surface area (Å²) in [6.45, 7) is -0.785. The number of nitrogens with one attached hydrogen (secondary N) is 1. The third-order valence-electron chi connectivity index (χ3n) is 4.79. The number of rotatable bonds is 4. The number of aromatic amines is 1. The number of nitrogens with zero attached hydrogens (tertiary/aromatic N) is 3. The molecule has 1 fully saturated rings. The Kier molecular flexibility index (Phi) is 3.34. The number of hydrogen-bond acceptors (Lipinski definition) is 4. The molecule has 0 atom stereocenters. The lowest BCUT2D eigenvalue weighted by Crippen LogP contribution is -2.25. The monoisotopic (exact) mass is 339 g/mol. The molecule has 0 bridgehead atoms. The van der Waals surface area contributed by atoms with Crippen LogP contribution < -0.4 is 5.73 Å². The maximum absolute atomic E-state index is 14.3. The number of halogens is 2. The fourth-order valence-corrected chi connectivity index (χ4v) is 3.08. The van der Waals surface area contributed by atoms with Gasteiger partial charge in [-0.25, -0.2) is 4.98 Å². The molecule has 126 valence electrons. The lowest BCUT2D eigenvalue weighted by atomic mass is 9.89. The Morgan fingerprint density at radius 1 is 1.32 bits per heavy atom. The van der Waals surface area contributed by atoms with Crippen LogP contribution in [0.15, 0.2) is 36.7 Å². The molecule has 0 saturated heterocycles. The number of aromatic nitrogens is 3. The predicted molar refractivity (Wildman–Crippen MR) is 88.8 cm³/mol. The topological polar surface area (TPSA) is 91.4 Å². The zero-order chi connectivity index (χ0) is 17.7. The van der Waals surface area contributed by atoms with Crippen molar-refractivity contribution in [1.82, 2.24) is 15.2 Å². The third kappa shape index (κ3) is 2.46. The number of fused-ring (bicyclic) bond motifs is 1. The number of benzene rings is 1. The lowest BCUT2D eigenvalue weighted by Gasteiger charge is -2.19. The Balaban J connectivity index is 1.96. The predicted octanol–water partition coefficient (Wildman–Crippen LogP) is 3.23.